The number of ketones is 2. The lowest BCUT2D eigenvalue weighted by molar-refractivity contribution is -0.168. The summed E-state index contributed by atoms with van der Waals surface area (Å²) < 4.78 is 5.27. The van der Waals surface area contributed by atoms with Gasteiger partial charge in [-0.15, -0.1) is 6.42 Å². The lowest BCUT2D eigenvalue weighted by atomic mass is 9.69. The molecule has 0 radical (unpaired) electrons. The first-order valence-corrected chi connectivity index (χ1v) is 7.97. The zero-order chi connectivity index (χ0) is 17.5. The van der Waals surface area contributed by atoms with Crippen molar-refractivity contribution in [3.8, 4) is 12.3 Å². The van der Waals surface area contributed by atoms with E-state index in [1.807, 2.05) is 6.92 Å². The van der Waals surface area contributed by atoms with Crippen molar-refractivity contribution in [2.75, 3.05) is 0 Å². The maximum Gasteiger partial charge on any atom is 0.322 e. The first-order valence-electron chi connectivity index (χ1n) is 7.97. The molecule has 23 heavy (non-hydrogen) atoms. The van der Waals surface area contributed by atoms with E-state index in [0.29, 0.717) is 12.8 Å². The van der Waals surface area contributed by atoms with E-state index in [1.54, 1.807) is 24.3 Å². The molecule has 1 rings (SSSR count). The third-order valence-corrected chi connectivity index (χ3v) is 4.25. The zero-order valence-corrected chi connectivity index (χ0v) is 14.0. The predicted molar refractivity (Wildman–Crippen MR) is 88.4 cm³/mol. The van der Waals surface area contributed by atoms with Crippen molar-refractivity contribution in [2.24, 2.45) is 11.3 Å². The Morgan fingerprint density at radius 3 is 2.35 bits per heavy atom. The molecule has 2 atom stereocenters. The summed E-state index contributed by atoms with van der Waals surface area (Å²) in [6.45, 7) is 4.88. The van der Waals surface area contributed by atoms with Crippen molar-refractivity contribution in [1.29, 1.82) is 0 Å². The Morgan fingerprint density at radius 2 is 1.87 bits per heavy atom. The number of carbonyl (C=O) groups is 3. The highest BCUT2D eigenvalue weighted by Gasteiger charge is 2.51. The number of hydrogen-bond donors (Lipinski definition) is 0. The van der Waals surface area contributed by atoms with E-state index in [-0.39, 0.29) is 5.78 Å². The maximum atomic E-state index is 12.8. The highest BCUT2D eigenvalue weighted by Crippen LogP contribution is 2.40. The minimum Gasteiger partial charge on any atom is -0.454 e. The van der Waals surface area contributed by atoms with Gasteiger partial charge < -0.3 is 4.74 Å². The fourth-order valence-corrected chi connectivity index (χ4v) is 2.65. The number of unbranched alkanes of at least 4 members (excludes halogenated alkanes) is 2. The molecule has 0 aromatic carbocycles. The summed E-state index contributed by atoms with van der Waals surface area (Å²) in [5.74, 6) is 0.0979. The molecule has 0 aromatic heterocycles. The monoisotopic (exact) mass is 316 g/mol. The van der Waals surface area contributed by atoms with Crippen LogP contribution in [0.5, 0.6) is 0 Å². The van der Waals surface area contributed by atoms with Gasteiger partial charge >= 0.3 is 5.97 Å². The summed E-state index contributed by atoms with van der Waals surface area (Å²) in [5, 5.41) is 0. The predicted octanol–water partition coefficient (Wildman–Crippen LogP) is 3.02. The average molecular weight is 316 g/mol. The van der Waals surface area contributed by atoms with Crippen LogP contribution in [0, 0.1) is 23.7 Å². The molecule has 0 bridgehead atoms. The first kappa shape index (κ1) is 18.9. The molecule has 0 heterocycles. The van der Waals surface area contributed by atoms with Crippen LogP contribution in [0.1, 0.15) is 46.5 Å². The van der Waals surface area contributed by atoms with Gasteiger partial charge in [0.2, 0.25) is 5.78 Å². The summed E-state index contributed by atoms with van der Waals surface area (Å²) in [7, 11) is 0. The summed E-state index contributed by atoms with van der Waals surface area (Å²) in [6.07, 6.45) is 14.4. The van der Waals surface area contributed by atoms with Crippen LogP contribution >= 0.6 is 0 Å². The quantitative estimate of drug-likeness (QED) is 0.216. The van der Waals surface area contributed by atoms with Gasteiger partial charge in [0.1, 0.15) is 5.41 Å². The van der Waals surface area contributed by atoms with Crippen LogP contribution in [-0.2, 0) is 19.1 Å². The summed E-state index contributed by atoms with van der Waals surface area (Å²) in [5.41, 5.74) is -1.45. The second-order valence-corrected chi connectivity index (χ2v) is 5.86. The largest absolute Gasteiger partial charge is 0.454 e. The van der Waals surface area contributed by atoms with Gasteiger partial charge in [-0.25, -0.2) is 0 Å². The molecule has 0 saturated carbocycles. The van der Waals surface area contributed by atoms with Crippen molar-refractivity contribution in [3.63, 3.8) is 0 Å². The SMILES string of the molecule is C#CC(=O)C(CCCCC)(C(=O)OC(C)C(C)=O)C1C=CC=C1. The molecule has 0 aliphatic heterocycles. The summed E-state index contributed by atoms with van der Waals surface area (Å²) in [6, 6.07) is 0. The van der Waals surface area contributed by atoms with E-state index in [1.165, 1.54) is 13.8 Å². The third-order valence-electron chi connectivity index (χ3n) is 4.25. The van der Waals surface area contributed by atoms with E-state index < -0.39 is 29.2 Å². The van der Waals surface area contributed by atoms with E-state index in [4.69, 9.17) is 11.2 Å². The van der Waals surface area contributed by atoms with E-state index in [2.05, 4.69) is 5.92 Å². The standard InChI is InChI=1S/C19H24O4/c1-5-7-10-13-19(17(21)6-2,16-11-8-9-12-16)18(22)23-15(4)14(3)20/h2,8-9,11-12,15-16H,5,7,10,13H2,1,3-4H3. The maximum absolute atomic E-state index is 12.8. The van der Waals surface area contributed by atoms with Crippen molar-refractivity contribution in [2.45, 2.75) is 52.6 Å². The van der Waals surface area contributed by atoms with Crippen LogP contribution in [-0.4, -0.2) is 23.6 Å². The molecule has 124 valence electrons. The van der Waals surface area contributed by atoms with Gasteiger partial charge in [0.15, 0.2) is 11.9 Å². The Labute approximate surface area is 138 Å². The number of esters is 1. The van der Waals surface area contributed by atoms with Crippen LogP contribution < -0.4 is 0 Å². The van der Waals surface area contributed by atoms with Crippen molar-refractivity contribution >= 4 is 17.5 Å². The molecule has 0 spiro atoms. The summed E-state index contributed by atoms with van der Waals surface area (Å²) in [4.78, 5) is 36.7. The topological polar surface area (TPSA) is 60.4 Å². The van der Waals surface area contributed by atoms with Crippen LogP contribution in [0.25, 0.3) is 0 Å². The minimum absolute atomic E-state index is 0.272. The molecule has 0 aromatic rings. The molecule has 0 fully saturated rings. The molecule has 4 heteroatoms. The van der Waals surface area contributed by atoms with Gasteiger partial charge in [-0.1, -0.05) is 50.5 Å². The Hall–Kier alpha value is -2.15. The number of ether oxygens (including phenoxy) is 1. The second-order valence-electron chi connectivity index (χ2n) is 5.86. The molecule has 0 saturated heterocycles. The normalized spacial score (nSPS) is 17.3. The van der Waals surface area contributed by atoms with Gasteiger partial charge in [-0.3, -0.25) is 14.4 Å². The lowest BCUT2D eigenvalue weighted by Gasteiger charge is -2.33. The number of hydrogen-bond acceptors (Lipinski definition) is 4. The Bertz CT molecular complexity index is 552. The van der Waals surface area contributed by atoms with Gasteiger partial charge in [-0.05, 0) is 26.2 Å². The molecule has 2 unspecified atom stereocenters. The molecule has 0 N–H and O–H groups in total. The Kier molecular flexibility index (Phi) is 6.96. The highest BCUT2D eigenvalue weighted by atomic mass is 16.5. The van der Waals surface area contributed by atoms with Gasteiger partial charge in [0.25, 0.3) is 0 Å². The van der Waals surface area contributed by atoms with Crippen LogP contribution in [0.4, 0.5) is 0 Å². The minimum atomic E-state index is -1.45. The molecule has 1 aliphatic rings. The van der Waals surface area contributed by atoms with Gasteiger partial charge in [-0.2, -0.15) is 0 Å². The van der Waals surface area contributed by atoms with E-state index >= 15 is 0 Å². The fourth-order valence-electron chi connectivity index (χ4n) is 2.65. The molecule has 1 aliphatic carbocycles. The molecular weight excluding hydrogens is 292 g/mol. The fraction of sp³-hybridized carbons (Fsp3) is 0.526. The Morgan fingerprint density at radius 1 is 1.26 bits per heavy atom. The number of rotatable bonds is 9. The van der Waals surface area contributed by atoms with Crippen LogP contribution in [0.2, 0.25) is 0 Å². The number of Topliss-reactive ketones (excluding diaryl/α,β-unsaturated/α-hetero) is 2. The smallest absolute Gasteiger partial charge is 0.322 e. The van der Waals surface area contributed by atoms with E-state index in [9.17, 15) is 14.4 Å². The van der Waals surface area contributed by atoms with Crippen molar-refractivity contribution < 1.29 is 19.1 Å². The molecule has 0 amide bonds. The number of allylic oxidation sites excluding steroid dienone is 4. The van der Waals surface area contributed by atoms with Crippen LogP contribution in [0.15, 0.2) is 24.3 Å². The van der Waals surface area contributed by atoms with Gasteiger partial charge in [0.05, 0.1) is 0 Å². The second kappa shape index (κ2) is 8.47. The van der Waals surface area contributed by atoms with Crippen molar-refractivity contribution in [3.05, 3.63) is 24.3 Å². The van der Waals surface area contributed by atoms with Crippen molar-refractivity contribution in [1.82, 2.24) is 0 Å². The van der Waals surface area contributed by atoms with Crippen LogP contribution in [0.3, 0.4) is 0 Å². The first-order chi connectivity index (χ1) is 10.9. The highest BCUT2D eigenvalue weighted by molar-refractivity contribution is 6.13. The van der Waals surface area contributed by atoms with Gasteiger partial charge in [0, 0.05) is 5.92 Å². The lowest BCUT2D eigenvalue weighted by Crippen LogP contribution is -2.46. The number of terminal acetylenes is 1. The van der Waals surface area contributed by atoms with E-state index in [0.717, 1.165) is 12.8 Å². The molecular formula is C19H24O4. The number of carbonyl (C=O) groups excluding carboxylic acids is 3. The summed E-state index contributed by atoms with van der Waals surface area (Å²) >= 11 is 0. The third kappa shape index (κ3) is 4.19. The molecule has 4 nitrogen and oxygen atoms in total. The zero-order valence-electron chi connectivity index (χ0n) is 14.0. The Balaban J connectivity index is 3.20. The average Bonchev–Trinajstić information content (AvgIpc) is 3.05.